The Labute approximate surface area is 72.4 Å². The van der Waals surface area contributed by atoms with Crippen LogP contribution in [-0.4, -0.2) is 26.3 Å². The fourth-order valence-electron chi connectivity index (χ4n) is 0.595. The van der Waals surface area contributed by atoms with Crippen LogP contribution in [0.5, 0.6) is 0 Å². The van der Waals surface area contributed by atoms with E-state index in [2.05, 4.69) is 9.73 Å². The maximum Gasteiger partial charge on any atom is 0.330 e. The predicted molar refractivity (Wildman–Crippen MR) is 49.3 cm³/mol. The highest BCUT2D eigenvalue weighted by molar-refractivity contribution is 5.87. The van der Waals surface area contributed by atoms with Gasteiger partial charge < -0.3 is 4.74 Å². The number of nitrogens with zero attached hydrogens (tertiary/aromatic N) is 1. The second-order valence-electron chi connectivity index (χ2n) is 2.03. The summed E-state index contributed by atoms with van der Waals surface area (Å²) in [6.45, 7) is 1.87. The molecule has 0 aliphatic carbocycles. The normalized spacial score (nSPS) is 12.8. The summed E-state index contributed by atoms with van der Waals surface area (Å²) < 4.78 is 4.43. The van der Waals surface area contributed by atoms with E-state index in [1.54, 1.807) is 19.3 Å². The molecule has 0 amide bonds. The van der Waals surface area contributed by atoms with Crippen molar-refractivity contribution in [3.8, 4) is 0 Å². The standard InChI is InChI=1S/C9H13NO2/c1-4-8(7-10-2)5-6-9(11)12-3/h4-7H,1-3H3. The second-order valence-corrected chi connectivity index (χ2v) is 2.03. The summed E-state index contributed by atoms with van der Waals surface area (Å²) in [5, 5.41) is 0. The molecule has 0 fully saturated rings. The highest BCUT2D eigenvalue weighted by Gasteiger charge is 1.90. The van der Waals surface area contributed by atoms with Crippen molar-refractivity contribution in [3.05, 3.63) is 23.8 Å². The minimum atomic E-state index is -0.362. The molecule has 0 atom stereocenters. The third-order valence-electron chi connectivity index (χ3n) is 1.22. The smallest absolute Gasteiger partial charge is 0.330 e. The van der Waals surface area contributed by atoms with E-state index in [9.17, 15) is 4.79 Å². The summed E-state index contributed by atoms with van der Waals surface area (Å²) in [6.07, 6.45) is 6.53. The first kappa shape index (κ1) is 10.6. The van der Waals surface area contributed by atoms with Gasteiger partial charge in [-0.2, -0.15) is 0 Å². The zero-order chi connectivity index (χ0) is 9.40. The van der Waals surface area contributed by atoms with Gasteiger partial charge in [0.15, 0.2) is 0 Å². The molecule has 0 saturated heterocycles. The van der Waals surface area contributed by atoms with Gasteiger partial charge in [-0.15, -0.1) is 0 Å². The van der Waals surface area contributed by atoms with E-state index in [1.807, 2.05) is 13.0 Å². The second kappa shape index (κ2) is 6.34. The Balaban J connectivity index is 4.21. The highest BCUT2D eigenvalue weighted by Crippen LogP contribution is 1.93. The molecule has 0 N–H and O–H groups in total. The first-order valence-electron chi connectivity index (χ1n) is 3.59. The van der Waals surface area contributed by atoms with E-state index in [0.29, 0.717) is 0 Å². The van der Waals surface area contributed by atoms with Gasteiger partial charge in [0.1, 0.15) is 0 Å². The van der Waals surface area contributed by atoms with Gasteiger partial charge in [-0.25, -0.2) is 4.79 Å². The van der Waals surface area contributed by atoms with Gasteiger partial charge in [0.2, 0.25) is 0 Å². The lowest BCUT2D eigenvalue weighted by Gasteiger charge is -1.90. The Kier molecular flexibility index (Phi) is 5.61. The quantitative estimate of drug-likeness (QED) is 0.275. The Morgan fingerprint density at radius 2 is 2.08 bits per heavy atom. The molecule has 0 aliphatic rings. The van der Waals surface area contributed by atoms with E-state index in [-0.39, 0.29) is 5.97 Å². The molecule has 66 valence electrons. The zero-order valence-corrected chi connectivity index (χ0v) is 7.57. The predicted octanol–water partition coefficient (Wildman–Crippen LogP) is 1.36. The van der Waals surface area contributed by atoms with Crippen LogP contribution in [0, 0.1) is 0 Å². The van der Waals surface area contributed by atoms with Gasteiger partial charge in [0.05, 0.1) is 7.11 Å². The average molecular weight is 167 g/mol. The largest absolute Gasteiger partial charge is 0.466 e. The van der Waals surface area contributed by atoms with E-state index < -0.39 is 0 Å². The van der Waals surface area contributed by atoms with Crippen LogP contribution in [0.15, 0.2) is 28.8 Å². The van der Waals surface area contributed by atoms with Crippen LogP contribution < -0.4 is 0 Å². The van der Waals surface area contributed by atoms with Gasteiger partial charge in [-0.3, -0.25) is 4.99 Å². The lowest BCUT2D eigenvalue weighted by molar-refractivity contribution is -0.134. The SMILES string of the molecule is CC=C(C=CC(=O)OC)C=NC. The van der Waals surface area contributed by atoms with Gasteiger partial charge in [-0.05, 0) is 18.6 Å². The highest BCUT2D eigenvalue weighted by atomic mass is 16.5. The number of carbonyl (C=O) groups is 1. The van der Waals surface area contributed by atoms with Crippen molar-refractivity contribution in [3.63, 3.8) is 0 Å². The maximum absolute atomic E-state index is 10.7. The molecule has 0 bridgehead atoms. The van der Waals surface area contributed by atoms with E-state index in [1.165, 1.54) is 13.2 Å². The number of hydrogen-bond donors (Lipinski definition) is 0. The minimum Gasteiger partial charge on any atom is -0.466 e. The molecule has 0 aromatic rings. The lowest BCUT2D eigenvalue weighted by atomic mass is 10.2. The number of esters is 1. The molecule has 0 aliphatic heterocycles. The molecule has 0 unspecified atom stereocenters. The molecule has 3 heteroatoms. The van der Waals surface area contributed by atoms with Gasteiger partial charge >= 0.3 is 5.97 Å². The molecule has 0 aromatic heterocycles. The number of aliphatic imine (C=N–C) groups is 1. The van der Waals surface area contributed by atoms with Gasteiger partial charge in [0.25, 0.3) is 0 Å². The van der Waals surface area contributed by atoms with Crippen molar-refractivity contribution >= 4 is 12.2 Å². The van der Waals surface area contributed by atoms with Crippen molar-refractivity contribution in [1.29, 1.82) is 0 Å². The van der Waals surface area contributed by atoms with E-state index in [0.717, 1.165) is 5.57 Å². The maximum atomic E-state index is 10.7. The number of rotatable bonds is 3. The number of methoxy groups -OCH3 is 1. The fourth-order valence-corrected chi connectivity index (χ4v) is 0.595. The van der Waals surface area contributed by atoms with Crippen LogP contribution in [0.4, 0.5) is 0 Å². The number of allylic oxidation sites excluding steroid dienone is 3. The lowest BCUT2D eigenvalue weighted by Crippen LogP contribution is -1.94. The third kappa shape index (κ3) is 4.44. The molecular weight excluding hydrogens is 154 g/mol. The Bertz CT molecular complexity index is 227. The van der Waals surface area contributed by atoms with Crippen LogP contribution in [0.3, 0.4) is 0 Å². The number of ether oxygens (including phenoxy) is 1. The molecule has 0 rings (SSSR count). The topological polar surface area (TPSA) is 38.7 Å². The first-order valence-corrected chi connectivity index (χ1v) is 3.59. The van der Waals surface area contributed by atoms with E-state index >= 15 is 0 Å². The molecule has 0 heterocycles. The Hall–Kier alpha value is -1.38. The molecular formula is C9H13NO2. The molecule has 0 radical (unpaired) electrons. The average Bonchev–Trinajstić information content (AvgIpc) is 2.11. The first-order chi connectivity index (χ1) is 5.74. The summed E-state index contributed by atoms with van der Waals surface area (Å²) in [5.41, 5.74) is 0.878. The van der Waals surface area contributed by atoms with E-state index in [4.69, 9.17) is 0 Å². The van der Waals surface area contributed by atoms with Crippen molar-refractivity contribution in [2.45, 2.75) is 6.92 Å². The zero-order valence-electron chi connectivity index (χ0n) is 7.57. The van der Waals surface area contributed by atoms with Crippen LogP contribution >= 0.6 is 0 Å². The van der Waals surface area contributed by atoms with Crippen molar-refractivity contribution in [1.82, 2.24) is 0 Å². The monoisotopic (exact) mass is 167 g/mol. The minimum absolute atomic E-state index is 0.362. The van der Waals surface area contributed by atoms with Crippen LogP contribution in [-0.2, 0) is 9.53 Å². The molecule has 0 saturated carbocycles. The summed E-state index contributed by atoms with van der Waals surface area (Å²) >= 11 is 0. The molecule has 0 spiro atoms. The molecule has 0 aromatic carbocycles. The fraction of sp³-hybridized carbons (Fsp3) is 0.333. The van der Waals surface area contributed by atoms with Gasteiger partial charge in [0, 0.05) is 19.3 Å². The van der Waals surface area contributed by atoms with Crippen LogP contribution in [0.1, 0.15) is 6.92 Å². The summed E-state index contributed by atoms with van der Waals surface area (Å²) in [4.78, 5) is 14.5. The van der Waals surface area contributed by atoms with Crippen molar-refractivity contribution in [2.24, 2.45) is 4.99 Å². The molecule has 3 nitrogen and oxygen atoms in total. The Morgan fingerprint density at radius 1 is 1.42 bits per heavy atom. The van der Waals surface area contributed by atoms with Gasteiger partial charge in [-0.1, -0.05) is 6.08 Å². The number of hydrogen-bond acceptors (Lipinski definition) is 3. The van der Waals surface area contributed by atoms with Crippen molar-refractivity contribution in [2.75, 3.05) is 14.2 Å². The van der Waals surface area contributed by atoms with Crippen molar-refractivity contribution < 1.29 is 9.53 Å². The van der Waals surface area contributed by atoms with Crippen LogP contribution in [0.25, 0.3) is 0 Å². The summed E-state index contributed by atoms with van der Waals surface area (Å²) in [5.74, 6) is -0.362. The summed E-state index contributed by atoms with van der Waals surface area (Å²) in [6, 6.07) is 0. The third-order valence-corrected chi connectivity index (χ3v) is 1.22. The molecule has 12 heavy (non-hydrogen) atoms. The number of carbonyl (C=O) groups excluding carboxylic acids is 1. The Morgan fingerprint density at radius 3 is 2.50 bits per heavy atom. The van der Waals surface area contributed by atoms with Crippen LogP contribution in [0.2, 0.25) is 0 Å². The summed E-state index contributed by atoms with van der Waals surface area (Å²) in [7, 11) is 3.02.